The molecule has 3 aromatic rings. The van der Waals surface area contributed by atoms with E-state index in [-0.39, 0.29) is 5.78 Å². The van der Waals surface area contributed by atoms with Crippen molar-refractivity contribution in [3.05, 3.63) is 76.6 Å². The first-order valence-electron chi connectivity index (χ1n) is 12.5. The summed E-state index contributed by atoms with van der Waals surface area (Å²) in [6, 6.07) is 14.7. The molecule has 0 aliphatic heterocycles. The lowest BCUT2D eigenvalue weighted by Gasteiger charge is -2.20. The van der Waals surface area contributed by atoms with Crippen molar-refractivity contribution in [2.75, 3.05) is 19.6 Å². The van der Waals surface area contributed by atoms with Crippen LogP contribution in [-0.2, 0) is 12.8 Å². The summed E-state index contributed by atoms with van der Waals surface area (Å²) < 4.78 is 2.09. The number of ketones is 1. The first-order valence-corrected chi connectivity index (χ1v) is 12.5. The van der Waals surface area contributed by atoms with Gasteiger partial charge in [-0.25, -0.2) is 0 Å². The first-order chi connectivity index (χ1) is 15.6. The molecule has 3 heteroatoms. The molecule has 3 rings (SSSR count). The molecule has 32 heavy (non-hydrogen) atoms. The number of unbranched alkanes of at least 4 members (excludes halogenated alkanes) is 1. The summed E-state index contributed by atoms with van der Waals surface area (Å²) in [5.41, 5.74) is 6.37. The summed E-state index contributed by atoms with van der Waals surface area (Å²) in [5, 5.41) is 0. The second-order valence-electron chi connectivity index (χ2n) is 9.09. The lowest BCUT2D eigenvalue weighted by atomic mass is 10.00. The molecule has 0 aliphatic carbocycles. The molecule has 0 unspecified atom stereocenters. The Kier molecular flexibility index (Phi) is 9.11. The van der Waals surface area contributed by atoms with E-state index in [1.54, 1.807) is 0 Å². The molecule has 1 aromatic carbocycles. The van der Waals surface area contributed by atoms with Crippen molar-refractivity contribution in [1.29, 1.82) is 0 Å². The minimum Gasteiger partial charge on any atom is -0.313 e. The van der Waals surface area contributed by atoms with Gasteiger partial charge in [-0.2, -0.15) is 0 Å². The van der Waals surface area contributed by atoms with E-state index in [2.05, 4.69) is 73.5 Å². The molecular weight excluding hydrogens is 392 g/mol. The Balaban J connectivity index is 1.74. The molecule has 3 nitrogen and oxygen atoms in total. The zero-order valence-electron chi connectivity index (χ0n) is 20.5. The Morgan fingerprint density at radius 3 is 2.22 bits per heavy atom. The smallest absolute Gasteiger partial charge is 0.210 e. The molecule has 0 atom stereocenters. The topological polar surface area (TPSA) is 24.7 Å². The van der Waals surface area contributed by atoms with Gasteiger partial charge in [-0.15, -0.1) is 0 Å². The Bertz CT molecular complexity index is 994. The van der Waals surface area contributed by atoms with Crippen molar-refractivity contribution in [1.82, 2.24) is 9.30 Å². The van der Waals surface area contributed by atoms with Gasteiger partial charge >= 0.3 is 0 Å². The number of carbonyl (C=O) groups excluding carboxylic acids is 1. The van der Waals surface area contributed by atoms with E-state index in [1.165, 1.54) is 42.6 Å². The SMILES string of the molecule is CCCCc1cc2ccc(C)cn2c1C(=O)c1ccc(CCCN(CCC)CCC)cc1. The molecule has 0 fully saturated rings. The van der Waals surface area contributed by atoms with Crippen LogP contribution in [0.15, 0.2) is 48.7 Å². The fourth-order valence-corrected chi connectivity index (χ4v) is 4.58. The van der Waals surface area contributed by atoms with Gasteiger partial charge in [0, 0.05) is 17.3 Å². The lowest BCUT2D eigenvalue weighted by molar-refractivity contribution is 0.103. The number of hydrogen-bond acceptors (Lipinski definition) is 2. The maximum atomic E-state index is 13.5. The number of benzene rings is 1. The highest BCUT2D eigenvalue weighted by atomic mass is 16.1. The van der Waals surface area contributed by atoms with Crippen LogP contribution >= 0.6 is 0 Å². The molecule has 0 bridgehead atoms. The van der Waals surface area contributed by atoms with Gasteiger partial charge in [0.2, 0.25) is 5.78 Å². The summed E-state index contributed by atoms with van der Waals surface area (Å²) in [7, 11) is 0. The van der Waals surface area contributed by atoms with Crippen LogP contribution < -0.4 is 0 Å². The molecule has 2 aromatic heterocycles. The monoisotopic (exact) mass is 432 g/mol. The zero-order valence-corrected chi connectivity index (χ0v) is 20.5. The molecule has 0 aliphatic rings. The second-order valence-corrected chi connectivity index (χ2v) is 9.09. The predicted molar refractivity (Wildman–Crippen MR) is 136 cm³/mol. The summed E-state index contributed by atoms with van der Waals surface area (Å²) in [4.78, 5) is 16.1. The van der Waals surface area contributed by atoms with Crippen molar-refractivity contribution in [2.45, 2.75) is 72.6 Å². The van der Waals surface area contributed by atoms with Gasteiger partial charge in [0.25, 0.3) is 0 Å². The average Bonchev–Trinajstić information content (AvgIpc) is 3.15. The summed E-state index contributed by atoms with van der Waals surface area (Å²) in [6.07, 6.45) is 9.91. The van der Waals surface area contributed by atoms with E-state index in [9.17, 15) is 4.79 Å². The van der Waals surface area contributed by atoms with Crippen molar-refractivity contribution < 1.29 is 4.79 Å². The molecule has 0 N–H and O–H groups in total. The average molecular weight is 433 g/mol. The number of pyridine rings is 1. The fraction of sp³-hybridized carbons (Fsp3) is 0.483. The van der Waals surface area contributed by atoms with Crippen LogP contribution in [0.3, 0.4) is 0 Å². The Hall–Kier alpha value is -2.39. The van der Waals surface area contributed by atoms with Gasteiger partial charge in [0.15, 0.2) is 0 Å². The minimum atomic E-state index is 0.130. The minimum absolute atomic E-state index is 0.130. The van der Waals surface area contributed by atoms with Crippen molar-refractivity contribution in [3.63, 3.8) is 0 Å². The number of aromatic nitrogens is 1. The molecule has 0 saturated heterocycles. The predicted octanol–water partition coefficient (Wildman–Crippen LogP) is 6.88. The number of hydrogen-bond donors (Lipinski definition) is 0. The van der Waals surface area contributed by atoms with Crippen molar-refractivity contribution in [3.8, 4) is 0 Å². The molecule has 0 amide bonds. The molecule has 0 spiro atoms. The quantitative estimate of drug-likeness (QED) is 0.275. The fourth-order valence-electron chi connectivity index (χ4n) is 4.58. The first kappa shape index (κ1) is 24.3. The number of rotatable bonds is 13. The van der Waals surface area contributed by atoms with E-state index < -0.39 is 0 Å². The Morgan fingerprint density at radius 1 is 0.844 bits per heavy atom. The molecular formula is C29H40N2O. The number of nitrogens with zero attached hydrogens (tertiary/aromatic N) is 2. The maximum absolute atomic E-state index is 13.5. The van der Waals surface area contributed by atoms with Gasteiger partial charge in [0.1, 0.15) is 0 Å². The van der Waals surface area contributed by atoms with E-state index >= 15 is 0 Å². The number of carbonyl (C=O) groups is 1. The van der Waals surface area contributed by atoms with E-state index in [0.717, 1.165) is 55.4 Å². The van der Waals surface area contributed by atoms with Gasteiger partial charge in [0.05, 0.1) is 5.69 Å². The van der Waals surface area contributed by atoms with Crippen LogP contribution in [0.1, 0.15) is 85.6 Å². The van der Waals surface area contributed by atoms with Crippen LogP contribution in [0.5, 0.6) is 0 Å². The van der Waals surface area contributed by atoms with E-state index in [1.807, 2.05) is 12.1 Å². The van der Waals surface area contributed by atoms with Crippen LogP contribution in [0, 0.1) is 6.92 Å². The van der Waals surface area contributed by atoms with E-state index in [4.69, 9.17) is 0 Å². The van der Waals surface area contributed by atoms with Crippen LogP contribution in [0.2, 0.25) is 0 Å². The van der Waals surface area contributed by atoms with Crippen LogP contribution in [0.4, 0.5) is 0 Å². The second kappa shape index (κ2) is 12.0. The Labute approximate surface area is 194 Å². The lowest BCUT2D eigenvalue weighted by Crippen LogP contribution is -2.26. The van der Waals surface area contributed by atoms with E-state index in [0.29, 0.717) is 0 Å². The zero-order chi connectivity index (χ0) is 22.9. The summed E-state index contributed by atoms with van der Waals surface area (Å²) in [6.45, 7) is 12.3. The maximum Gasteiger partial charge on any atom is 0.210 e. The summed E-state index contributed by atoms with van der Waals surface area (Å²) >= 11 is 0. The van der Waals surface area contributed by atoms with Gasteiger partial charge in [-0.3, -0.25) is 4.79 Å². The highest BCUT2D eigenvalue weighted by Crippen LogP contribution is 2.23. The number of aryl methyl sites for hydroxylation is 3. The highest BCUT2D eigenvalue weighted by molar-refractivity contribution is 6.09. The largest absolute Gasteiger partial charge is 0.313 e. The van der Waals surface area contributed by atoms with Crippen LogP contribution in [0.25, 0.3) is 5.52 Å². The third-order valence-electron chi connectivity index (χ3n) is 6.25. The van der Waals surface area contributed by atoms with Gasteiger partial charge < -0.3 is 9.30 Å². The number of fused-ring (bicyclic) bond motifs is 1. The standard InChI is InChI=1S/C29H40N2O/c1-5-8-11-26-21-27-17-12-23(4)22-31(27)28(26)29(32)25-15-13-24(14-16-25)10-9-20-30(18-6-2)19-7-3/h12-17,21-22H,5-11,18-20H2,1-4H3. The molecule has 0 radical (unpaired) electrons. The molecule has 2 heterocycles. The van der Waals surface area contributed by atoms with Crippen molar-refractivity contribution >= 4 is 11.3 Å². The molecule has 0 saturated carbocycles. The normalized spacial score (nSPS) is 11.5. The highest BCUT2D eigenvalue weighted by Gasteiger charge is 2.19. The Morgan fingerprint density at radius 2 is 1.56 bits per heavy atom. The molecule has 172 valence electrons. The van der Waals surface area contributed by atoms with Gasteiger partial charge in [-0.05, 0) is 93.9 Å². The summed E-state index contributed by atoms with van der Waals surface area (Å²) in [5.74, 6) is 0.130. The van der Waals surface area contributed by atoms with Crippen molar-refractivity contribution in [2.24, 2.45) is 0 Å². The third kappa shape index (κ3) is 6.10. The third-order valence-corrected chi connectivity index (χ3v) is 6.25. The van der Waals surface area contributed by atoms with Crippen LogP contribution in [-0.4, -0.2) is 34.7 Å². The van der Waals surface area contributed by atoms with Gasteiger partial charge in [-0.1, -0.05) is 57.5 Å².